The van der Waals surface area contributed by atoms with Gasteiger partial charge in [0.25, 0.3) is 5.56 Å². The molecule has 1 aliphatic rings. The van der Waals surface area contributed by atoms with E-state index in [0.29, 0.717) is 22.1 Å². The predicted molar refractivity (Wildman–Crippen MR) is 129 cm³/mol. The fraction of sp³-hybridized carbons (Fsp3) is 0.391. The summed E-state index contributed by atoms with van der Waals surface area (Å²) >= 11 is 2.74. The van der Waals surface area contributed by atoms with Crippen LogP contribution >= 0.6 is 23.1 Å². The van der Waals surface area contributed by atoms with Crippen molar-refractivity contribution in [2.24, 2.45) is 5.92 Å². The Morgan fingerprint density at radius 3 is 2.75 bits per heavy atom. The summed E-state index contributed by atoms with van der Waals surface area (Å²) in [6.45, 7) is 5.87. The predicted octanol–water partition coefficient (Wildman–Crippen LogP) is 3.90. The van der Waals surface area contributed by atoms with Gasteiger partial charge in [-0.1, -0.05) is 36.9 Å². The van der Waals surface area contributed by atoms with E-state index in [1.807, 2.05) is 44.2 Å². The molecule has 0 unspecified atom stereocenters. The van der Waals surface area contributed by atoms with E-state index in [0.717, 1.165) is 41.4 Å². The van der Waals surface area contributed by atoms with Crippen molar-refractivity contribution < 1.29 is 9.59 Å². The smallest absolute Gasteiger partial charge is 0.321 e. The van der Waals surface area contributed by atoms with Gasteiger partial charge in [0.15, 0.2) is 5.16 Å². The number of imide groups is 1. The Balaban J connectivity index is 1.70. The summed E-state index contributed by atoms with van der Waals surface area (Å²) in [6, 6.07) is 8.74. The van der Waals surface area contributed by atoms with Crippen LogP contribution in [0.25, 0.3) is 15.9 Å². The minimum absolute atomic E-state index is 0.0293. The normalized spacial score (nSPS) is 15.6. The Morgan fingerprint density at radius 1 is 1.28 bits per heavy atom. The van der Waals surface area contributed by atoms with Gasteiger partial charge in [0, 0.05) is 10.9 Å². The summed E-state index contributed by atoms with van der Waals surface area (Å²) in [5.41, 5.74) is 1.73. The van der Waals surface area contributed by atoms with E-state index in [9.17, 15) is 14.4 Å². The van der Waals surface area contributed by atoms with Gasteiger partial charge < -0.3 is 5.32 Å². The Kier molecular flexibility index (Phi) is 6.66. The van der Waals surface area contributed by atoms with Gasteiger partial charge in [0.1, 0.15) is 4.83 Å². The largest absolute Gasteiger partial charge is 0.336 e. The molecule has 0 bridgehead atoms. The van der Waals surface area contributed by atoms with Crippen LogP contribution in [-0.2, 0) is 17.6 Å². The second-order valence-corrected chi connectivity index (χ2v) is 10.4. The first-order valence-corrected chi connectivity index (χ1v) is 12.5. The monoisotopic (exact) mass is 470 g/mol. The van der Waals surface area contributed by atoms with Crippen LogP contribution in [0.15, 0.2) is 40.3 Å². The van der Waals surface area contributed by atoms with Crippen molar-refractivity contribution in [3.05, 3.63) is 51.1 Å². The molecule has 0 spiro atoms. The van der Waals surface area contributed by atoms with E-state index in [-0.39, 0.29) is 17.4 Å². The number of aryl methyl sites for hydroxylation is 1. The van der Waals surface area contributed by atoms with E-state index in [2.05, 4.69) is 17.6 Å². The van der Waals surface area contributed by atoms with Gasteiger partial charge in [-0.05, 0) is 56.7 Å². The van der Waals surface area contributed by atoms with Gasteiger partial charge in [-0.2, -0.15) is 0 Å². The van der Waals surface area contributed by atoms with Crippen molar-refractivity contribution in [1.82, 2.24) is 20.2 Å². The number of para-hydroxylation sites is 1. The number of urea groups is 1. The number of nitrogens with one attached hydrogen (secondary N) is 2. The molecule has 1 aromatic carbocycles. The summed E-state index contributed by atoms with van der Waals surface area (Å²) in [7, 11) is 0. The Hall–Kier alpha value is -2.65. The van der Waals surface area contributed by atoms with Crippen molar-refractivity contribution in [2.45, 2.75) is 51.2 Å². The van der Waals surface area contributed by atoms with Crippen LogP contribution in [0, 0.1) is 5.92 Å². The molecule has 0 saturated heterocycles. The van der Waals surface area contributed by atoms with E-state index < -0.39 is 11.9 Å². The standard InChI is InChI=1S/C23H26N4O3S2/c1-13(2)24-22(30)25-18(28)12-31-23-26-20-19(16-10-9-14(3)11-17(16)32-20)21(29)27(23)15-7-5-4-6-8-15/h4-8,13-14H,9-12H2,1-3H3,(H2,24,25,28,30)/t14-/m1/s1. The molecular weight excluding hydrogens is 444 g/mol. The summed E-state index contributed by atoms with van der Waals surface area (Å²) in [6.07, 6.45) is 2.93. The van der Waals surface area contributed by atoms with Crippen molar-refractivity contribution in [3.63, 3.8) is 0 Å². The zero-order chi connectivity index (χ0) is 22.8. The zero-order valence-electron chi connectivity index (χ0n) is 18.3. The first-order chi connectivity index (χ1) is 15.3. The van der Waals surface area contributed by atoms with Gasteiger partial charge in [-0.25, -0.2) is 9.78 Å². The molecule has 0 aliphatic heterocycles. The van der Waals surface area contributed by atoms with E-state index in [1.165, 1.54) is 4.88 Å². The summed E-state index contributed by atoms with van der Waals surface area (Å²) < 4.78 is 1.58. The SMILES string of the molecule is CC(C)NC(=O)NC(=O)CSc1nc2sc3c(c2c(=O)n1-c1ccccc1)CC[C@@H](C)C3. The molecule has 168 valence electrons. The Bertz CT molecular complexity index is 1220. The molecule has 1 atom stereocenters. The Labute approximate surface area is 194 Å². The molecule has 2 N–H and O–H groups in total. The van der Waals surface area contributed by atoms with Crippen molar-refractivity contribution >= 4 is 45.3 Å². The molecule has 2 heterocycles. The lowest BCUT2D eigenvalue weighted by molar-refractivity contribution is -0.117. The lowest BCUT2D eigenvalue weighted by Gasteiger charge is -2.17. The number of benzene rings is 1. The lowest BCUT2D eigenvalue weighted by Crippen LogP contribution is -2.43. The number of fused-ring (bicyclic) bond motifs is 3. The maximum Gasteiger partial charge on any atom is 0.321 e. The van der Waals surface area contributed by atoms with Crippen LogP contribution in [0.5, 0.6) is 0 Å². The summed E-state index contributed by atoms with van der Waals surface area (Å²) in [5.74, 6) is 0.126. The quantitative estimate of drug-likeness (QED) is 0.436. The average molecular weight is 471 g/mol. The third kappa shape index (κ3) is 4.73. The number of rotatable bonds is 5. The number of carbonyl (C=O) groups is 2. The number of hydrogen-bond donors (Lipinski definition) is 2. The highest BCUT2D eigenvalue weighted by molar-refractivity contribution is 7.99. The van der Waals surface area contributed by atoms with Crippen molar-refractivity contribution in [3.8, 4) is 5.69 Å². The van der Waals surface area contributed by atoms with Crippen molar-refractivity contribution in [1.29, 1.82) is 0 Å². The number of amides is 3. The van der Waals surface area contributed by atoms with Crippen LogP contribution < -0.4 is 16.2 Å². The van der Waals surface area contributed by atoms with Gasteiger partial charge >= 0.3 is 6.03 Å². The fourth-order valence-electron chi connectivity index (χ4n) is 3.86. The molecule has 1 aliphatic carbocycles. The minimum atomic E-state index is -0.533. The summed E-state index contributed by atoms with van der Waals surface area (Å²) in [4.78, 5) is 44.5. The van der Waals surface area contributed by atoms with Crippen LogP contribution in [0.1, 0.15) is 37.6 Å². The Morgan fingerprint density at radius 2 is 2.03 bits per heavy atom. The molecule has 3 amide bonds. The highest BCUT2D eigenvalue weighted by Gasteiger charge is 2.25. The molecular formula is C23H26N4O3S2. The molecule has 0 radical (unpaired) electrons. The molecule has 2 aromatic heterocycles. The first-order valence-electron chi connectivity index (χ1n) is 10.7. The van der Waals surface area contributed by atoms with E-state index >= 15 is 0 Å². The molecule has 7 nitrogen and oxygen atoms in total. The zero-order valence-corrected chi connectivity index (χ0v) is 19.9. The van der Waals surface area contributed by atoms with Crippen LogP contribution in [-0.4, -0.2) is 33.3 Å². The third-order valence-corrected chi connectivity index (χ3v) is 7.40. The highest BCUT2D eigenvalue weighted by Crippen LogP contribution is 2.36. The van der Waals surface area contributed by atoms with Gasteiger partial charge in [0.2, 0.25) is 5.91 Å². The van der Waals surface area contributed by atoms with Gasteiger partial charge in [0.05, 0.1) is 16.8 Å². The average Bonchev–Trinajstić information content (AvgIpc) is 3.09. The van der Waals surface area contributed by atoms with Crippen LogP contribution in [0.3, 0.4) is 0 Å². The fourth-order valence-corrected chi connectivity index (χ4v) is 6.10. The van der Waals surface area contributed by atoms with Crippen LogP contribution in [0.4, 0.5) is 4.79 Å². The third-order valence-electron chi connectivity index (χ3n) is 5.32. The second-order valence-electron chi connectivity index (χ2n) is 8.37. The first kappa shape index (κ1) is 22.5. The number of nitrogens with zero attached hydrogens (tertiary/aromatic N) is 2. The molecule has 0 saturated carbocycles. The molecule has 0 fully saturated rings. The van der Waals surface area contributed by atoms with E-state index in [4.69, 9.17) is 4.98 Å². The number of thiophene rings is 1. The van der Waals surface area contributed by atoms with Crippen molar-refractivity contribution in [2.75, 3.05) is 5.75 Å². The molecule has 3 aromatic rings. The number of thioether (sulfide) groups is 1. The van der Waals surface area contributed by atoms with Gasteiger partial charge in [-0.3, -0.25) is 19.5 Å². The topological polar surface area (TPSA) is 93.1 Å². The van der Waals surface area contributed by atoms with Crippen LogP contribution in [0.2, 0.25) is 0 Å². The lowest BCUT2D eigenvalue weighted by atomic mass is 9.89. The maximum absolute atomic E-state index is 13.7. The van der Waals surface area contributed by atoms with E-state index in [1.54, 1.807) is 15.9 Å². The molecule has 4 rings (SSSR count). The minimum Gasteiger partial charge on any atom is -0.336 e. The molecule has 32 heavy (non-hydrogen) atoms. The second kappa shape index (κ2) is 9.46. The highest BCUT2D eigenvalue weighted by atomic mass is 32.2. The number of hydrogen-bond acceptors (Lipinski definition) is 6. The number of carbonyl (C=O) groups excluding carboxylic acids is 2. The molecule has 9 heteroatoms. The van der Waals surface area contributed by atoms with Gasteiger partial charge in [-0.15, -0.1) is 11.3 Å². The number of aromatic nitrogens is 2. The maximum atomic E-state index is 13.7. The summed E-state index contributed by atoms with van der Waals surface area (Å²) in [5, 5.41) is 6.08.